The Balaban J connectivity index is 2.06. The molecule has 2 aromatic rings. The number of hydrogen-bond donors (Lipinski definition) is 1. The van der Waals surface area contributed by atoms with Gasteiger partial charge in [-0.15, -0.1) is 0 Å². The lowest BCUT2D eigenvalue weighted by Crippen LogP contribution is -2.33. The van der Waals surface area contributed by atoms with Gasteiger partial charge in [0.15, 0.2) is 0 Å². The van der Waals surface area contributed by atoms with Crippen molar-refractivity contribution in [2.24, 2.45) is 0 Å². The van der Waals surface area contributed by atoms with Gasteiger partial charge in [-0.1, -0.05) is 38.1 Å². The second-order valence-electron chi connectivity index (χ2n) is 7.88. The van der Waals surface area contributed by atoms with E-state index in [1.54, 1.807) is 48.4 Å². The number of hydrogen-bond acceptors (Lipinski definition) is 6. The van der Waals surface area contributed by atoms with Crippen LogP contribution < -0.4 is 9.47 Å². The summed E-state index contributed by atoms with van der Waals surface area (Å²) >= 11 is 0. The van der Waals surface area contributed by atoms with Gasteiger partial charge in [0.25, 0.3) is 11.7 Å². The van der Waals surface area contributed by atoms with Crippen LogP contribution in [0.4, 0.5) is 0 Å². The fraction of sp³-hybridized carbons (Fsp3) is 0.385. The normalized spacial score (nSPS) is 17.6. The van der Waals surface area contributed by atoms with E-state index in [9.17, 15) is 14.7 Å². The molecule has 0 bridgehead atoms. The number of carbonyl (C=O) groups is 2. The molecule has 33 heavy (non-hydrogen) atoms. The average molecular weight is 453 g/mol. The Bertz CT molecular complexity index is 1030. The summed E-state index contributed by atoms with van der Waals surface area (Å²) in [5.41, 5.74) is 1.20. The molecule has 1 heterocycles. The summed E-state index contributed by atoms with van der Waals surface area (Å²) in [6, 6.07) is 13.4. The van der Waals surface area contributed by atoms with Gasteiger partial charge in [-0.05, 0) is 55.9 Å². The molecule has 1 aliphatic rings. The van der Waals surface area contributed by atoms with Crippen LogP contribution in [0.3, 0.4) is 0 Å². The van der Waals surface area contributed by atoms with Crippen LogP contribution in [0.25, 0.3) is 5.76 Å². The number of aliphatic hydroxyl groups excluding tert-OH is 1. The molecule has 7 nitrogen and oxygen atoms in total. The molecule has 176 valence electrons. The van der Waals surface area contributed by atoms with E-state index in [1.165, 1.54) is 7.11 Å². The quantitative estimate of drug-likeness (QED) is 0.335. The summed E-state index contributed by atoms with van der Waals surface area (Å²) in [4.78, 5) is 30.1. The first kappa shape index (κ1) is 24.3. The minimum absolute atomic E-state index is 0.0735. The highest BCUT2D eigenvalue weighted by molar-refractivity contribution is 6.46. The highest BCUT2D eigenvalue weighted by atomic mass is 16.5. The topological polar surface area (TPSA) is 79.3 Å². The number of aliphatic hydroxyl groups is 1. The van der Waals surface area contributed by atoms with Crippen LogP contribution in [-0.4, -0.2) is 67.0 Å². The number of amides is 1. The number of methoxy groups -OCH3 is 2. The summed E-state index contributed by atoms with van der Waals surface area (Å²) in [5.74, 6) is -0.350. The fourth-order valence-corrected chi connectivity index (χ4v) is 4.20. The van der Waals surface area contributed by atoms with E-state index in [2.05, 4.69) is 18.7 Å². The van der Waals surface area contributed by atoms with Crippen LogP contribution in [0.15, 0.2) is 54.1 Å². The van der Waals surface area contributed by atoms with Crippen molar-refractivity contribution in [1.29, 1.82) is 0 Å². The van der Waals surface area contributed by atoms with E-state index in [1.807, 2.05) is 12.1 Å². The van der Waals surface area contributed by atoms with E-state index in [0.717, 1.165) is 19.6 Å². The van der Waals surface area contributed by atoms with E-state index in [-0.39, 0.29) is 11.3 Å². The van der Waals surface area contributed by atoms with Crippen LogP contribution in [0.5, 0.6) is 11.5 Å². The Morgan fingerprint density at radius 2 is 1.64 bits per heavy atom. The molecule has 1 saturated heterocycles. The maximum Gasteiger partial charge on any atom is 0.295 e. The van der Waals surface area contributed by atoms with Gasteiger partial charge in [0.05, 0.1) is 25.8 Å². The summed E-state index contributed by atoms with van der Waals surface area (Å²) in [5, 5.41) is 11.2. The standard InChI is InChI=1S/C26H32N2O5/c1-5-27(6-2)14-9-15-28-23(18-10-7-12-20(16-18)32-3)22(25(30)26(28)31)24(29)19-11-8-13-21(17-19)33-4/h7-8,10-13,16-17,23,29H,5-6,9,14-15H2,1-4H3/b24-22+. The number of carbonyl (C=O) groups excluding carboxylic acids is 2. The molecule has 1 amide bonds. The molecule has 0 radical (unpaired) electrons. The molecule has 0 aliphatic carbocycles. The molecule has 0 spiro atoms. The van der Waals surface area contributed by atoms with Crippen LogP contribution >= 0.6 is 0 Å². The van der Waals surface area contributed by atoms with Crippen molar-refractivity contribution in [2.75, 3.05) is 40.4 Å². The number of likely N-dealkylation sites (tertiary alicyclic amines) is 1. The second kappa shape index (κ2) is 11.0. The van der Waals surface area contributed by atoms with E-state index in [4.69, 9.17) is 9.47 Å². The molecule has 0 saturated carbocycles. The van der Waals surface area contributed by atoms with E-state index >= 15 is 0 Å². The highest BCUT2D eigenvalue weighted by Crippen LogP contribution is 2.40. The Labute approximate surface area is 195 Å². The Hall–Kier alpha value is -3.32. The van der Waals surface area contributed by atoms with Gasteiger partial charge in [-0.2, -0.15) is 0 Å². The van der Waals surface area contributed by atoms with Crippen molar-refractivity contribution in [2.45, 2.75) is 26.3 Å². The van der Waals surface area contributed by atoms with Crippen LogP contribution in [-0.2, 0) is 9.59 Å². The lowest BCUT2D eigenvalue weighted by atomic mass is 9.95. The maximum atomic E-state index is 13.2. The monoisotopic (exact) mass is 452 g/mol. The van der Waals surface area contributed by atoms with Gasteiger partial charge in [-0.3, -0.25) is 9.59 Å². The molecule has 1 aliphatic heterocycles. The molecule has 1 unspecified atom stereocenters. The van der Waals surface area contributed by atoms with Crippen molar-refractivity contribution in [3.63, 3.8) is 0 Å². The number of Topliss-reactive ketones (excluding diaryl/α,β-unsaturated/α-hetero) is 1. The zero-order chi connectivity index (χ0) is 24.0. The first-order valence-corrected chi connectivity index (χ1v) is 11.2. The molecule has 2 aromatic carbocycles. The van der Waals surface area contributed by atoms with Gasteiger partial charge in [0.2, 0.25) is 0 Å². The van der Waals surface area contributed by atoms with E-state index in [0.29, 0.717) is 35.6 Å². The SMILES string of the molecule is CCN(CC)CCCN1C(=O)C(=O)/C(=C(/O)c2cccc(OC)c2)C1c1cccc(OC)c1. The smallest absolute Gasteiger partial charge is 0.295 e. The summed E-state index contributed by atoms with van der Waals surface area (Å²) < 4.78 is 10.6. The third-order valence-electron chi connectivity index (χ3n) is 6.06. The molecule has 1 atom stereocenters. The predicted octanol–water partition coefficient (Wildman–Crippen LogP) is 3.86. The molecule has 3 rings (SSSR count). The van der Waals surface area contributed by atoms with Crippen molar-refractivity contribution >= 4 is 17.4 Å². The molecular weight excluding hydrogens is 420 g/mol. The van der Waals surface area contributed by atoms with E-state index < -0.39 is 17.7 Å². The average Bonchev–Trinajstić information content (AvgIpc) is 3.11. The second-order valence-corrected chi connectivity index (χ2v) is 7.88. The van der Waals surface area contributed by atoms with Crippen LogP contribution in [0.2, 0.25) is 0 Å². The number of ketones is 1. The van der Waals surface area contributed by atoms with Crippen molar-refractivity contribution in [3.8, 4) is 11.5 Å². The summed E-state index contributed by atoms with van der Waals surface area (Å²) in [7, 11) is 3.10. The third kappa shape index (κ3) is 5.20. The lowest BCUT2D eigenvalue weighted by Gasteiger charge is -2.27. The molecule has 7 heteroatoms. The van der Waals surface area contributed by atoms with Gasteiger partial charge >= 0.3 is 0 Å². The van der Waals surface area contributed by atoms with Crippen LogP contribution in [0.1, 0.15) is 37.4 Å². The Kier molecular flexibility index (Phi) is 8.11. The molecule has 1 fully saturated rings. The summed E-state index contributed by atoms with van der Waals surface area (Å²) in [6.07, 6.45) is 0.717. The predicted molar refractivity (Wildman–Crippen MR) is 127 cm³/mol. The maximum absolute atomic E-state index is 13.2. The van der Waals surface area contributed by atoms with Gasteiger partial charge in [0, 0.05) is 12.1 Å². The lowest BCUT2D eigenvalue weighted by molar-refractivity contribution is -0.140. The first-order chi connectivity index (χ1) is 15.9. The third-order valence-corrected chi connectivity index (χ3v) is 6.06. The number of nitrogens with zero attached hydrogens (tertiary/aromatic N) is 2. The first-order valence-electron chi connectivity index (χ1n) is 11.2. The van der Waals surface area contributed by atoms with Crippen LogP contribution in [0, 0.1) is 0 Å². The largest absolute Gasteiger partial charge is 0.507 e. The van der Waals surface area contributed by atoms with Gasteiger partial charge in [-0.25, -0.2) is 0 Å². The highest BCUT2D eigenvalue weighted by Gasteiger charge is 2.45. The molecule has 1 N–H and O–H groups in total. The van der Waals surface area contributed by atoms with Gasteiger partial charge < -0.3 is 24.4 Å². The minimum atomic E-state index is -0.706. The fourth-order valence-electron chi connectivity index (χ4n) is 4.20. The van der Waals surface area contributed by atoms with Crippen molar-refractivity contribution in [1.82, 2.24) is 9.80 Å². The minimum Gasteiger partial charge on any atom is -0.507 e. The summed E-state index contributed by atoms with van der Waals surface area (Å²) in [6.45, 7) is 7.25. The zero-order valence-electron chi connectivity index (χ0n) is 19.7. The zero-order valence-corrected chi connectivity index (χ0v) is 19.7. The number of rotatable bonds is 10. The van der Waals surface area contributed by atoms with Crippen molar-refractivity contribution < 1.29 is 24.2 Å². The van der Waals surface area contributed by atoms with Crippen molar-refractivity contribution in [3.05, 3.63) is 65.2 Å². The Morgan fingerprint density at radius 1 is 1.00 bits per heavy atom. The number of ether oxygens (including phenoxy) is 2. The molecule has 0 aromatic heterocycles. The molecular formula is C26H32N2O5. The Morgan fingerprint density at radius 3 is 2.27 bits per heavy atom. The number of benzene rings is 2. The van der Waals surface area contributed by atoms with Gasteiger partial charge in [0.1, 0.15) is 17.3 Å².